The Morgan fingerprint density at radius 3 is 1.90 bits per heavy atom. The molecule has 2 aliphatic carbocycles. The average molecular weight is 415 g/mol. The van der Waals surface area contributed by atoms with E-state index in [-0.39, 0.29) is 0 Å². The lowest BCUT2D eigenvalue weighted by atomic mass is 9.76. The number of rotatable bonds is 8. The minimum Gasteiger partial charge on any atom is -0.0847 e. The largest absolute Gasteiger partial charge is 0.0847 e. The highest BCUT2D eigenvalue weighted by Gasteiger charge is 2.22. The fourth-order valence-corrected chi connectivity index (χ4v) is 5.90. The first-order valence-electron chi connectivity index (χ1n) is 13.1. The molecule has 4 rings (SSSR count). The number of hydrogen-bond acceptors (Lipinski definition) is 0. The van der Waals surface area contributed by atoms with E-state index in [1.54, 1.807) is 16.7 Å². The highest BCUT2D eigenvalue weighted by molar-refractivity contribution is 5.30. The Balaban J connectivity index is 1.26. The molecule has 0 bridgehead atoms. The van der Waals surface area contributed by atoms with Crippen LogP contribution in [0.15, 0.2) is 60.2 Å². The first-order valence-corrected chi connectivity index (χ1v) is 13.1. The molecular weight excluding hydrogens is 372 g/mol. The summed E-state index contributed by atoms with van der Waals surface area (Å²) in [6.07, 6.45) is 18.4. The Labute approximate surface area is 191 Å². The van der Waals surface area contributed by atoms with Crippen LogP contribution < -0.4 is 0 Å². The van der Waals surface area contributed by atoms with E-state index in [1.165, 1.54) is 81.8 Å². The molecule has 0 nitrogen and oxygen atoms in total. The average Bonchev–Trinajstić information content (AvgIpc) is 2.84. The quantitative estimate of drug-likeness (QED) is 0.378. The van der Waals surface area contributed by atoms with Gasteiger partial charge < -0.3 is 0 Å². The van der Waals surface area contributed by atoms with E-state index in [1.807, 2.05) is 0 Å². The molecule has 0 saturated heterocycles. The molecule has 0 radical (unpaired) electrons. The molecule has 2 aromatic rings. The van der Waals surface area contributed by atoms with Crippen molar-refractivity contribution in [3.8, 4) is 0 Å². The lowest BCUT2D eigenvalue weighted by Crippen LogP contribution is -2.13. The van der Waals surface area contributed by atoms with Gasteiger partial charge in [0.25, 0.3) is 0 Å². The maximum absolute atomic E-state index is 2.55. The van der Waals surface area contributed by atoms with Crippen molar-refractivity contribution >= 4 is 0 Å². The highest BCUT2D eigenvalue weighted by Crippen LogP contribution is 2.39. The Bertz CT molecular complexity index is 815. The molecule has 31 heavy (non-hydrogen) atoms. The fraction of sp³-hybridized carbons (Fsp3) is 0.548. The van der Waals surface area contributed by atoms with Crippen molar-refractivity contribution in [2.24, 2.45) is 5.92 Å². The van der Waals surface area contributed by atoms with Crippen LogP contribution in [0.25, 0.3) is 0 Å². The van der Waals surface area contributed by atoms with Crippen LogP contribution in [0.2, 0.25) is 0 Å². The van der Waals surface area contributed by atoms with E-state index in [9.17, 15) is 0 Å². The monoisotopic (exact) mass is 414 g/mol. The molecule has 0 aromatic heterocycles. The van der Waals surface area contributed by atoms with Crippen molar-refractivity contribution in [3.05, 3.63) is 82.4 Å². The Kier molecular flexibility index (Phi) is 8.06. The minimum absolute atomic E-state index is 0.724. The van der Waals surface area contributed by atoms with Gasteiger partial charge in [-0.2, -0.15) is 0 Å². The molecule has 0 aliphatic heterocycles. The second kappa shape index (κ2) is 11.2. The zero-order chi connectivity index (χ0) is 21.5. The first kappa shape index (κ1) is 22.4. The number of hydrogen-bond donors (Lipinski definition) is 0. The van der Waals surface area contributed by atoms with Crippen molar-refractivity contribution in [3.63, 3.8) is 0 Å². The van der Waals surface area contributed by atoms with Gasteiger partial charge in [0, 0.05) is 0 Å². The molecular formula is C31H42. The summed E-state index contributed by atoms with van der Waals surface area (Å²) in [5.74, 6) is 2.53. The number of aryl methyl sites for hydroxylation is 2. The van der Waals surface area contributed by atoms with Gasteiger partial charge in [-0.15, -0.1) is 0 Å². The third-order valence-corrected chi connectivity index (χ3v) is 8.09. The van der Waals surface area contributed by atoms with Gasteiger partial charge in [-0.25, -0.2) is 0 Å². The number of allylic oxidation sites excluding steroid dienone is 2. The van der Waals surface area contributed by atoms with Crippen molar-refractivity contribution < 1.29 is 0 Å². The van der Waals surface area contributed by atoms with Crippen molar-refractivity contribution in [2.75, 3.05) is 0 Å². The van der Waals surface area contributed by atoms with Crippen LogP contribution in [0, 0.1) is 5.92 Å². The summed E-state index contributed by atoms with van der Waals surface area (Å²) in [5, 5.41) is 0. The van der Waals surface area contributed by atoms with Crippen LogP contribution in [0.1, 0.15) is 112 Å². The number of benzene rings is 2. The Hall–Kier alpha value is -1.82. The molecule has 1 atom stereocenters. The summed E-state index contributed by atoms with van der Waals surface area (Å²) < 4.78 is 0. The summed E-state index contributed by atoms with van der Waals surface area (Å²) in [6.45, 7) is 4.56. The van der Waals surface area contributed by atoms with Crippen LogP contribution in [-0.4, -0.2) is 0 Å². The van der Waals surface area contributed by atoms with E-state index in [0.29, 0.717) is 0 Å². The van der Waals surface area contributed by atoms with Gasteiger partial charge >= 0.3 is 0 Å². The predicted octanol–water partition coefficient (Wildman–Crippen LogP) is 9.15. The second-order valence-corrected chi connectivity index (χ2v) is 10.2. The molecule has 1 saturated carbocycles. The lowest BCUT2D eigenvalue weighted by Gasteiger charge is -2.29. The normalized spacial score (nSPS) is 24.1. The van der Waals surface area contributed by atoms with Crippen molar-refractivity contribution in [1.29, 1.82) is 0 Å². The predicted molar refractivity (Wildman–Crippen MR) is 135 cm³/mol. The fourth-order valence-electron chi connectivity index (χ4n) is 5.90. The van der Waals surface area contributed by atoms with Crippen LogP contribution in [0.3, 0.4) is 0 Å². The summed E-state index contributed by atoms with van der Waals surface area (Å²) in [5.41, 5.74) is 7.77. The molecule has 0 amide bonds. The zero-order valence-electron chi connectivity index (χ0n) is 19.9. The van der Waals surface area contributed by atoms with E-state index < -0.39 is 0 Å². The van der Waals surface area contributed by atoms with Gasteiger partial charge in [-0.3, -0.25) is 0 Å². The van der Waals surface area contributed by atoms with E-state index >= 15 is 0 Å². The van der Waals surface area contributed by atoms with Crippen molar-refractivity contribution in [1.82, 2.24) is 0 Å². The van der Waals surface area contributed by atoms with Gasteiger partial charge in [0.15, 0.2) is 0 Å². The molecule has 0 N–H and O–H groups in total. The topological polar surface area (TPSA) is 0 Å². The maximum Gasteiger partial charge on any atom is -0.0124 e. The molecule has 0 heterocycles. The summed E-state index contributed by atoms with van der Waals surface area (Å²) in [4.78, 5) is 0. The highest BCUT2D eigenvalue weighted by atomic mass is 14.3. The van der Waals surface area contributed by atoms with Gasteiger partial charge in [0.1, 0.15) is 0 Å². The van der Waals surface area contributed by atoms with Crippen LogP contribution >= 0.6 is 0 Å². The molecule has 166 valence electrons. The molecule has 2 aliphatic rings. The summed E-state index contributed by atoms with van der Waals surface area (Å²) in [6, 6.07) is 19.0. The maximum atomic E-state index is 2.55. The molecule has 2 aromatic carbocycles. The third-order valence-electron chi connectivity index (χ3n) is 8.09. The second-order valence-electron chi connectivity index (χ2n) is 10.2. The van der Waals surface area contributed by atoms with Crippen LogP contribution in [0.4, 0.5) is 0 Å². The third kappa shape index (κ3) is 6.12. The van der Waals surface area contributed by atoms with Crippen molar-refractivity contribution in [2.45, 2.75) is 103 Å². The zero-order valence-corrected chi connectivity index (χ0v) is 19.9. The Morgan fingerprint density at radius 1 is 0.677 bits per heavy atom. The molecule has 1 fully saturated rings. The molecule has 0 heteroatoms. The lowest BCUT2D eigenvalue weighted by molar-refractivity contribution is 0.308. The molecule has 1 unspecified atom stereocenters. The van der Waals surface area contributed by atoms with Crippen LogP contribution in [-0.2, 0) is 12.8 Å². The standard InChI is InChI=1S/C31H42/c1-3-5-25-12-16-28(17-13-25)30-20-22-31(23-21-30)29-18-14-27(15-19-29)11-10-26-8-6-24(4-2)7-9-26/h6-9,14,20-23,25,28-29H,3-5,10-13,15-19H2,1-2H3. The first-order chi connectivity index (χ1) is 15.2. The SMILES string of the molecule is CCCC1CCC(c2ccc(C3CC=C(CCc4ccc(CC)cc4)CC3)cc2)CC1. The van der Waals surface area contributed by atoms with Gasteiger partial charge in [0.2, 0.25) is 0 Å². The summed E-state index contributed by atoms with van der Waals surface area (Å²) in [7, 11) is 0. The van der Waals surface area contributed by atoms with E-state index in [4.69, 9.17) is 0 Å². The Morgan fingerprint density at radius 2 is 1.32 bits per heavy atom. The van der Waals surface area contributed by atoms with Crippen LogP contribution in [0.5, 0.6) is 0 Å². The van der Waals surface area contributed by atoms with E-state index in [2.05, 4.69) is 68.5 Å². The van der Waals surface area contributed by atoms with Gasteiger partial charge in [-0.1, -0.05) is 86.9 Å². The molecule has 0 spiro atoms. The summed E-state index contributed by atoms with van der Waals surface area (Å²) >= 11 is 0. The van der Waals surface area contributed by atoms with Gasteiger partial charge in [0.05, 0.1) is 0 Å². The van der Waals surface area contributed by atoms with E-state index in [0.717, 1.165) is 24.2 Å². The van der Waals surface area contributed by atoms with Gasteiger partial charge in [-0.05, 0) is 104 Å². The minimum atomic E-state index is 0.724. The smallest absolute Gasteiger partial charge is 0.0124 e.